The maximum absolute atomic E-state index is 15.0. The standard InChI is InChI=1S/C33H41FN8O4/c1-20-8-9-22(17-41(20)23-16-36-40(18-23)19-33(2,3)46-7)30-38-31-25-13-26(34)29(45-6)14-27(25)37-32(42(31)39-30)35-15-21-10-11-24(43-4)12-28(21)44-5/h10-14,16,18,20,22H,8-9,15,17,19H2,1-7H3,(H,35,37)/t20-,22+/m0/s1. The fourth-order valence-electron chi connectivity index (χ4n) is 5.96. The summed E-state index contributed by atoms with van der Waals surface area (Å²) >= 11 is 0. The topological polar surface area (TPSA) is 113 Å². The molecule has 13 heteroatoms. The van der Waals surface area contributed by atoms with Gasteiger partial charge in [-0.25, -0.2) is 14.4 Å². The minimum atomic E-state index is -0.488. The fraction of sp³-hybridized carbons (Fsp3) is 0.455. The Morgan fingerprint density at radius 3 is 2.54 bits per heavy atom. The second kappa shape index (κ2) is 12.6. The summed E-state index contributed by atoms with van der Waals surface area (Å²) in [5, 5.41) is 13.5. The number of fused-ring (bicyclic) bond motifs is 3. The van der Waals surface area contributed by atoms with Crippen molar-refractivity contribution in [1.29, 1.82) is 0 Å². The van der Waals surface area contributed by atoms with Crippen molar-refractivity contribution in [2.24, 2.45) is 0 Å². The molecule has 0 radical (unpaired) electrons. The molecule has 2 atom stereocenters. The number of ether oxygens (including phenoxy) is 4. The van der Waals surface area contributed by atoms with E-state index in [1.54, 1.807) is 31.9 Å². The summed E-state index contributed by atoms with van der Waals surface area (Å²) in [6.45, 7) is 8.07. The van der Waals surface area contributed by atoms with Gasteiger partial charge in [0.05, 0.1) is 50.9 Å². The van der Waals surface area contributed by atoms with Gasteiger partial charge in [-0.05, 0) is 51.8 Å². The van der Waals surface area contributed by atoms with Crippen LogP contribution in [0.4, 0.5) is 16.0 Å². The van der Waals surface area contributed by atoms with E-state index in [0.717, 1.165) is 30.6 Å². The molecule has 1 saturated heterocycles. The Bertz CT molecular complexity index is 1850. The highest BCUT2D eigenvalue weighted by molar-refractivity contribution is 5.93. The van der Waals surface area contributed by atoms with E-state index in [1.807, 2.05) is 42.9 Å². The third kappa shape index (κ3) is 6.11. The second-order valence-corrected chi connectivity index (χ2v) is 12.3. The van der Waals surface area contributed by atoms with Crippen molar-refractivity contribution >= 4 is 28.2 Å². The number of nitrogens with zero attached hydrogens (tertiary/aromatic N) is 7. The lowest BCUT2D eigenvalue weighted by Crippen LogP contribution is -2.41. The Morgan fingerprint density at radius 2 is 1.80 bits per heavy atom. The van der Waals surface area contributed by atoms with Crippen LogP contribution in [0.15, 0.2) is 42.7 Å². The number of halogens is 1. The van der Waals surface area contributed by atoms with Gasteiger partial charge in [-0.3, -0.25) is 4.68 Å². The van der Waals surface area contributed by atoms with Crippen molar-refractivity contribution in [3.63, 3.8) is 0 Å². The van der Waals surface area contributed by atoms with Crippen LogP contribution >= 0.6 is 0 Å². The number of hydrogen-bond acceptors (Lipinski definition) is 10. The summed E-state index contributed by atoms with van der Waals surface area (Å²) in [5.74, 6) is 2.19. The summed E-state index contributed by atoms with van der Waals surface area (Å²) in [4.78, 5) is 12.2. The molecule has 1 aliphatic heterocycles. The minimum absolute atomic E-state index is 0.0440. The molecule has 0 amide bonds. The predicted octanol–water partition coefficient (Wildman–Crippen LogP) is 5.45. The van der Waals surface area contributed by atoms with E-state index >= 15 is 0 Å². The van der Waals surface area contributed by atoms with E-state index in [1.165, 1.54) is 13.2 Å². The molecule has 0 saturated carbocycles. The van der Waals surface area contributed by atoms with Crippen molar-refractivity contribution in [3.8, 4) is 17.2 Å². The molecule has 0 aliphatic carbocycles. The maximum atomic E-state index is 15.0. The van der Waals surface area contributed by atoms with Gasteiger partial charge in [-0.2, -0.15) is 9.61 Å². The predicted molar refractivity (Wildman–Crippen MR) is 174 cm³/mol. The van der Waals surface area contributed by atoms with Crippen molar-refractivity contribution in [1.82, 2.24) is 29.4 Å². The molecule has 0 bridgehead atoms. The molecule has 6 rings (SSSR count). The highest BCUT2D eigenvalue weighted by Gasteiger charge is 2.31. The van der Waals surface area contributed by atoms with Crippen LogP contribution in [0.1, 0.15) is 50.9 Å². The highest BCUT2D eigenvalue weighted by Crippen LogP contribution is 2.34. The zero-order chi connectivity index (χ0) is 32.6. The zero-order valence-corrected chi connectivity index (χ0v) is 27.4. The van der Waals surface area contributed by atoms with Crippen LogP contribution < -0.4 is 24.4 Å². The fourth-order valence-corrected chi connectivity index (χ4v) is 5.96. The average Bonchev–Trinajstić information content (AvgIpc) is 3.71. The van der Waals surface area contributed by atoms with Crippen LogP contribution in [0.3, 0.4) is 0 Å². The van der Waals surface area contributed by atoms with E-state index in [9.17, 15) is 4.39 Å². The van der Waals surface area contributed by atoms with Gasteiger partial charge in [0.2, 0.25) is 5.95 Å². The monoisotopic (exact) mass is 632 g/mol. The summed E-state index contributed by atoms with van der Waals surface area (Å²) in [6, 6.07) is 8.97. The van der Waals surface area contributed by atoms with E-state index in [2.05, 4.69) is 28.4 Å². The molecule has 1 N–H and O–H groups in total. The van der Waals surface area contributed by atoms with Gasteiger partial charge in [-0.1, -0.05) is 0 Å². The van der Waals surface area contributed by atoms with Gasteiger partial charge in [-0.15, -0.1) is 5.10 Å². The highest BCUT2D eigenvalue weighted by atomic mass is 19.1. The Balaban J connectivity index is 1.35. The SMILES string of the molecule is COc1ccc(CNc2nc3cc(OC)c(F)cc3c3nc([C@@H]4CC[C@H](C)N(c5cnn(CC(C)(C)OC)c5)C4)nn23)c(OC)c1. The van der Waals surface area contributed by atoms with Gasteiger partial charge >= 0.3 is 0 Å². The first-order valence-corrected chi connectivity index (χ1v) is 15.4. The summed E-state index contributed by atoms with van der Waals surface area (Å²) in [6.07, 6.45) is 5.85. The Morgan fingerprint density at radius 1 is 1.00 bits per heavy atom. The van der Waals surface area contributed by atoms with Crippen molar-refractivity contribution in [2.75, 3.05) is 45.2 Å². The average molecular weight is 633 g/mol. The van der Waals surface area contributed by atoms with Crippen LogP contribution in [0, 0.1) is 5.82 Å². The third-order valence-corrected chi connectivity index (χ3v) is 8.79. The molecule has 46 heavy (non-hydrogen) atoms. The summed E-state index contributed by atoms with van der Waals surface area (Å²) in [5.41, 5.74) is 2.68. The number of benzene rings is 2. The first-order chi connectivity index (χ1) is 22.1. The number of anilines is 2. The van der Waals surface area contributed by atoms with E-state index in [-0.39, 0.29) is 17.3 Å². The molecule has 3 aromatic heterocycles. The zero-order valence-electron chi connectivity index (χ0n) is 27.4. The van der Waals surface area contributed by atoms with E-state index in [0.29, 0.717) is 59.0 Å². The largest absolute Gasteiger partial charge is 0.497 e. The molecule has 244 valence electrons. The normalized spacial score (nSPS) is 17.1. The van der Waals surface area contributed by atoms with Crippen molar-refractivity contribution in [2.45, 2.75) is 64.3 Å². The number of methoxy groups -OCH3 is 4. The lowest BCUT2D eigenvalue weighted by Gasteiger charge is -2.37. The van der Waals surface area contributed by atoms with Crippen molar-refractivity contribution < 1.29 is 23.3 Å². The number of piperidine rings is 1. The van der Waals surface area contributed by atoms with E-state index in [4.69, 9.17) is 34.0 Å². The van der Waals surface area contributed by atoms with Gasteiger partial charge in [0.25, 0.3) is 0 Å². The molecule has 0 unspecified atom stereocenters. The maximum Gasteiger partial charge on any atom is 0.226 e. The summed E-state index contributed by atoms with van der Waals surface area (Å²) in [7, 11) is 6.38. The first kappa shape index (κ1) is 31.3. The molecular weight excluding hydrogens is 591 g/mol. The number of aromatic nitrogens is 6. The molecule has 5 aromatic rings. The Kier molecular flexibility index (Phi) is 8.60. The lowest BCUT2D eigenvalue weighted by molar-refractivity contribution is 0.00542. The summed E-state index contributed by atoms with van der Waals surface area (Å²) < 4.78 is 40.4. The molecule has 1 aliphatic rings. The Hall–Kier alpha value is -4.65. The number of nitrogens with one attached hydrogen (secondary N) is 1. The van der Waals surface area contributed by atoms with Gasteiger partial charge in [0.15, 0.2) is 23.0 Å². The molecule has 2 aromatic carbocycles. The van der Waals surface area contributed by atoms with E-state index < -0.39 is 5.82 Å². The van der Waals surface area contributed by atoms with Gasteiger partial charge in [0, 0.05) is 61.4 Å². The van der Waals surface area contributed by atoms with Gasteiger partial charge < -0.3 is 29.2 Å². The molecule has 12 nitrogen and oxygen atoms in total. The van der Waals surface area contributed by atoms with Crippen LogP contribution in [-0.4, -0.2) is 76.0 Å². The minimum Gasteiger partial charge on any atom is -0.497 e. The second-order valence-electron chi connectivity index (χ2n) is 12.3. The molecular formula is C33H41FN8O4. The van der Waals surface area contributed by atoms with Crippen LogP contribution in [0.25, 0.3) is 16.6 Å². The smallest absolute Gasteiger partial charge is 0.226 e. The molecule has 4 heterocycles. The van der Waals surface area contributed by atoms with Crippen molar-refractivity contribution in [3.05, 3.63) is 59.9 Å². The molecule has 1 fully saturated rings. The first-order valence-electron chi connectivity index (χ1n) is 15.4. The van der Waals surface area contributed by atoms with Crippen LogP contribution in [0.2, 0.25) is 0 Å². The quantitative estimate of drug-likeness (QED) is 0.202. The van der Waals surface area contributed by atoms with Gasteiger partial charge in [0.1, 0.15) is 11.5 Å². The number of rotatable bonds is 11. The van der Waals surface area contributed by atoms with Crippen LogP contribution in [-0.2, 0) is 17.8 Å². The lowest BCUT2D eigenvalue weighted by atomic mass is 9.92. The molecule has 0 spiro atoms. The third-order valence-electron chi connectivity index (χ3n) is 8.79. The van der Waals surface area contributed by atoms with Crippen LogP contribution in [0.5, 0.6) is 17.2 Å². The number of hydrogen-bond donors (Lipinski definition) is 1. The Labute approximate surface area is 267 Å².